The van der Waals surface area contributed by atoms with Gasteiger partial charge in [0.15, 0.2) is 0 Å². The van der Waals surface area contributed by atoms with E-state index in [2.05, 4.69) is 10.1 Å². The Morgan fingerprint density at radius 3 is 2.40 bits per heavy atom. The summed E-state index contributed by atoms with van der Waals surface area (Å²) in [4.78, 5) is 11.6. The second kappa shape index (κ2) is 6.95. The molecule has 1 aromatic rings. The zero-order chi connectivity index (χ0) is 15.2. The van der Waals surface area contributed by atoms with Gasteiger partial charge in [-0.2, -0.15) is 13.2 Å². The van der Waals surface area contributed by atoms with Crippen LogP contribution in [0.2, 0.25) is 0 Å². The Bertz CT molecular complexity index is 439. The Labute approximate surface area is 120 Å². The lowest BCUT2D eigenvalue weighted by Gasteiger charge is -2.29. The predicted molar refractivity (Wildman–Crippen MR) is 69.5 cm³/mol. The van der Waals surface area contributed by atoms with Crippen molar-refractivity contribution in [2.24, 2.45) is 0 Å². The van der Waals surface area contributed by atoms with E-state index < -0.39 is 30.8 Å². The third kappa shape index (κ3) is 5.38. The second-order valence-electron chi connectivity index (χ2n) is 4.49. The van der Waals surface area contributed by atoms with Crippen molar-refractivity contribution in [2.75, 3.05) is 19.1 Å². The highest BCUT2D eigenvalue weighted by atomic mass is 35.5. The second-order valence-corrected chi connectivity index (χ2v) is 4.76. The molecule has 1 aromatic carbocycles. The van der Waals surface area contributed by atoms with Crippen LogP contribution >= 0.6 is 11.6 Å². The summed E-state index contributed by atoms with van der Waals surface area (Å²) in [5.74, 6) is -0.566. The summed E-state index contributed by atoms with van der Waals surface area (Å²) in [6, 6.07) is 8.93. The summed E-state index contributed by atoms with van der Waals surface area (Å²) < 4.78 is 40.0. The van der Waals surface area contributed by atoms with Crippen LogP contribution in [0.15, 0.2) is 30.3 Å². The van der Waals surface area contributed by atoms with Gasteiger partial charge in [0.1, 0.15) is 13.2 Å². The molecule has 1 unspecified atom stereocenters. The van der Waals surface area contributed by atoms with Crippen molar-refractivity contribution in [3.63, 3.8) is 0 Å². The van der Waals surface area contributed by atoms with Gasteiger partial charge in [-0.25, -0.2) is 0 Å². The van der Waals surface area contributed by atoms with Crippen molar-refractivity contribution >= 4 is 17.5 Å². The van der Waals surface area contributed by atoms with Gasteiger partial charge in [-0.3, -0.25) is 4.79 Å². The quantitative estimate of drug-likeness (QED) is 0.821. The van der Waals surface area contributed by atoms with Crippen molar-refractivity contribution in [3.8, 4) is 0 Å². The molecular weight excluding hydrogens is 295 g/mol. The van der Waals surface area contributed by atoms with E-state index in [9.17, 15) is 18.0 Å². The van der Waals surface area contributed by atoms with Crippen molar-refractivity contribution in [3.05, 3.63) is 35.9 Å². The fourth-order valence-corrected chi connectivity index (χ4v) is 1.81. The van der Waals surface area contributed by atoms with Crippen LogP contribution in [0.1, 0.15) is 12.5 Å². The van der Waals surface area contributed by atoms with E-state index in [1.54, 1.807) is 31.2 Å². The normalized spacial score (nSPS) is 14.7. The topological polar surface area (TPSA) is 38.3 Å². The fourth-order valence-electron chi connectivity index (χ4n) is 1.59. The smallest absolute Gasteiger partial charge is 0.362 e. The van der Waals surface area contributed by atoms with Crippen LogP contribution in [0.5, 0.6) is 0 Å². The first-order valence-corrected chi connectivity index (χ1v) is 6.37. The first kappa shape index (κ1) is 16.8. The molecule has 0 aliphatic rings. The van der Waals surface area contributed by atoms with Gasteiger partial charge in [0, 0.05) is 5.88 Å². The molecule has 0 aromatic heterocycles. The van der Waals surface area contributed by atoms with Crippen molar-refractivity contribution in [2.45, 2.75) is 18.6 Å². The molecule has 0 spiro atoms. The van der Waals surface area contributed by atoms with E-state index in [4.69, 9.17) is 11.6 Å². The first-order chi connectivity index (χ1) is 9.27. The van der Waals surface area contributed by atoms with Gasteiger partial charge >= 0.3 is 6.18 Å². The van der Waals surface area contributed by atoms with Gasteiger partial charge in [-0.15, -0.1) is 11.6 Å². The number of hydrogen-bond acceptors (Lipinski definition) is 2. The van der Waals surface area contributed by atoms with Gasteiger partial charge in [-0.1, -0.05) is 30.3 Å². The molecule has 1 N–H and O–H groups in total. The Hall–Kier alpha value is -1.27. The molecular formula is C13H15ClF3NO2. The van der Waals surface area contributed by atoms with Crippen molar-refractivity contribution in [1.82, 2.24) is 5.32 Å². The maximum absolute atomic E-state index is 11.9. The fraction of sp³-hybridized carbons (Fsp3) is 0.462. The zero-order valence-electron chi connectivity index (χ0n) is 10.8. The third-order valence-corrected chi connectivity index (χ3v) is 3.13. The Kier molecular flexibility index (Phi) is 5.83. The van der Waals surface area contributed by atoms with E-state index in [1.165, 1.54) is 0 Å². The van der Waals surface area contributed by atoms with Gasteiger partial charge in [0.2, 0.25) is 5.91 Å². The van der Waals surface area contributed by atoms with Crippen LogP contribution < -0.4 is 5.32 Å². The highest BCUT2D eigenvalue weighted by Gasteiger charge is 2.30. The molecule has 0 heterocycles. The lowest BCUT2D eigenvalue weighted by atomic mass is 9.94. The first-order valence-electron chi connectivity index (χ1n) is 5.84. The molecule has 0 bridgehead atoms. The zero-order valence-corrected chi connectivity index (χ0v) is 11.6. The number of rotatable bonds is 6. The maximum Gasteiger partial charge on any atom is 0.411 e. The average Bonchev–Trinajstić information content (AvgIpc) is 2.38. The predicted octanol–water partition coefficient (Wildman–Crippen LogP) is 2.84. The van der Waals surface area contributed by atoms with Crippen molar-refractivity contribution < 1.29 is 22.7 Å². The molecule has 20 heavy (non-hydrogen) atoms. The minimum Gasteiger partial charge on any atom is -0.362 e. The van der Waals surface area contributed by atoms with Crippen LogP contribution in [0.3, 0.4) is 0 Å². The summed E-state index contributed by atoms with van der Waals surface area (Å²) in [6.07, 6.45) is -4.45. The molecule has 0 aliphatic carbocycles. The highest BCUT2D eigenvalue weighted by molar-refractivity contribution is 6.18. The number of alkyl halides is 4. The molecule has 1 rings (SSSR count). The van der Waals surface area contributed by atoms with E-state index in [0.717, 1.165) is 5.56 Å². The molecule has 0 aliphatic heterocycles. The summed E-state index contributed by atoms with van der Waals surface area (Å²) in [5.41, 5.74) is -0.0965. The number of hydrogen-bond donors (Lipinski definition) is 1. The molecule has 0 saturated carbocycles. The van der Waals surface area contributed by atoms with Crippen LogP contribution in [-0.2, 0) is 15.1 Å². The van der Waals surface area contributed by atoms with E-state index >= 15 is 0 Å². The maximum atomic E-state index is 11.9. The van der Waals surface area contributed by atoms with Gasteiger partial charge in [-0.05, 0) is 12.5 Å². The minimum atomic E-state index is -4.45. The Morgan fingerprint density at radius 2 is 1.90 bits per heavy atom. The molecule has 7 heteroatoms. The van der Waals surface area contributed by atoms with E-state index in [-0.39, 0.29) is 5.88 Å². The molecule has 3 nitrogen and oxygen atoms in total. The highest BCUT2D eigenvalue weighted by Crippen LogP contribution is 2.22. The molecule has 1 atom stereocenters. The average molecular weight is 310 g/mol. The van der Waals surface area contributed by atoms with Crippen LogP contribution in [0.4, 0.5) is 13.2 Å². The standard InChI is InChI=1S/C13H15ClF3NO2/c1-12(8-14,10-5-3-2-4-6-10)18-11(19)7-20-9-13(15,16)17/h2-6H,7-9H2,1H3,(H,18,19). The lowest BCUT2D eigenvalue weighted by molar-refractivity contribution is -0.176. The number of carbonyl (C=O) groups excluding carboxylic acids is 1. The summed E-state index contributed by atoms with van der Waals surface area (Å²) >= 11 is 5.86. The molecule has 0 saturated heterocycles. The summed E-state index contributed by atoms with van der Waals surface area (Å²) in [5, 5.41) is 2.58. The largest absolute Gasteiger partial charge is 0.411 e. The van der Waals surface area contributed by atoms with Gasteiger partial charge in [0.25, 0.3) is 0 Å². The van der Waals surface area contributed by atoms with Crippen LogP contribution in [-0.4, -0.2) is 31.2 Å². The van der Waals surface area contributed by atoms with Crippen LogP contribution in [0.25, 0.3) is 0 Å². The summed E-state index contributed by atoms with van der Waals surface area (Å²) in [7, 11) is 0. The number of benzene rings is 1. The number of carbonyl (C=O) groups is 1. The Morgan fingerprint density at radius 1 is 1.30 bits per heavy atom. The molecule has 0 fully saturated rings. The lowest BCUT2D eigenvalue weighted by Crippen LogP contribution is -2.46. The van der Waals surface area contributed by atoms with Gasteiger partial charge in [0.05, 0.1) is 5.54 Å². The Balaban J connectivity index is 2.58. The SMILES string of the molecule is CC(CCl)(NC(=O)COCC(F)(F)F)c1ccccc1. The number of halogens is 4. The monoisotopic (exact) mass is 309 g/mol. The van der Waals surface area contributed by atoms with E-state index in [0.29, 0.717) is 0 Å². The molecule has 0 radical (unpaired) electrons. The number of amides is 1. The summed E-state index contributed by atoms with van der Waals surface area (Å²) in [6.45, 7) is -0.431. The third-order valence-electron chi connectivity index (χ3n) is 2.59. The van der Waals surface area contributed by atoms with Crippen LogP contribution in [0, 0.1) is 0 Å². The minimum absolute atomic E-state index is 0.0853. The van der Waals surface area contributed by atoms with Gasteiger partial charge < -0.3 is 10.1 Å². The molecule has 112 valence electrons. The van der Waals surface area contributed by atoms with Crippen molar-refractivity contribution in [1.29, 1.82) is 0 Å². The number of nitrogens with one attached hydrogen (secondary N) is 1. The number of ether oxygens (including phenoxy) is 1. The van der Waals surface area contributed by atoms with E-state index in [1.807, 2.05) is 6.07 Å². The molecule has 1 amide bonds.